The van der Waals surface area contributed by atoms with Crippen molar-refractivity contribution in [2.24, 2.45) is 0 Å². The van der Waals surface area contributed by atoms with Crippen LogP contribution in [0, 0.1) is 5.82 Å². The summed E-state index contributed by atoms with van der Waals surface area (Å²) in [7, 11) is 0. The summed E-state index contributed by atoms with van der Waals surface area (Å²) in [5.74, 6) is -1.16. The number of carboxylic acid groups (broad SMARTS) is 1. The smallest absolute Gasteiger partial charge is 0.360 e. The fraction of sp³-hybridized carbons (Fsp3) is 0.211. The van der Waals surface area contributed by atoms with Gasteiger partial charge in [0.05, 0.1) is 10.7 Å². The number of piperazine rings is 1. The number of para-hydroxylation sites is 2. The molecule has 1 N–H and O–H groups in total. The van der Waals surface area contributed by atoms with Gasteiger partial charge in [-0.05, 0) is 24.3 Å². The van der Waals surface area contributed by atoms with Crippen molar-refractivity contribution in [3.8, 4) is 5.69 Å². The van der Waals surface area contributed by atoms with Crippen LogP contribution >= 0.6 is 11.6 Å². The van der Waals surface area contributed by atoms with Crippen LogP contribution in [0.15, 0.2) is 48.5 Å². The summed E-state index contributed by atoms with van der Waals surface area (Å²) in [6, 6.07) is 13.6. The molecule has 3 aromatic rings. The lowest BCUT2D eigenvalue weighted by atomic mass is 10.2. The molecule has 0 unspecified atom stereocenters. The van der Waals surface area contributed by atoms with Gasteiger partial charge in [-0.15, -0.1) is 15.0 Å². The van der Waals surface area contributed by atoms with Crippen molar-refractivity contribution < 1.29 is 14.3 Å². The van der Waals surface area contributed by atoms with Gasteiger partial charge in [0, 0.05) is 26.2 Å². The number of hydrogen-bond acceptors (Lipinski definition) is 5. The predicted molar refractivity (Wildman–Crippen MR) is 104 cm³/mol. The highest BCUT2D eigenvalue weighted by atomic mass is 35.5. The van der Waals surface area contributed by atoms with E-state index in [2.05, 4.69) is 10.2 Å². The number of hydrogen-bond donors (Lipinski definition) is 1. The zero-order valence-electron chi connectivity index (χ0n) is 14.8. The van der Waals surface area contributed by atoms with E-state index in [-0.39, 0.29) is 17.3 Å². The molecule has 0 amide bonds. The van der Waals surface area contributed by atoms with Gasteiger partial charge in [-0.2, -0.15) is 0 Å². The number of anilines is 2. The first-order valence-corrected chi connectivity index (χ1v) is 9.12. The van der Waals surface area contributed by atoms with E-state index in [0.29, 0.717) is 42.6 Å². The van der Waals surface area contributed by atoms with Crippen LogP contribution in [0.25, 0.3) is 5.69 Å². The third kappa shape index (κ3) is 3.38. The number of carbonyl (C=O) groups is 1. The molecule has 1 aliphatic rings. The standard InChI is InChI=1S/C19H17ClFN5O2/c20-13-5-1-3-7-15(13)26-22-17(19(27)28)18(23-26)25-11-9-24(10-12-25)16-8-4-2-6-14(16)21/h1-8H,9-12H2,(H,27,28). The predicted octanol–water partition coefficient (Wildman–Crippen LogP) is 3.08. The first-order chi connectivity index (χ1) is 13.5. The van der Waals surface area contributed by atoms with Crippen molar-refractivity contribution in [2.75, 3.05) is 36.0 Å². The monoisotopic (exact) mass is 401 g/mol. The van der Waals surface area contributed by atoms with Gasteiger partial charge < -0.3 is 14.9 Å². The molecule has 1 fully saturated rings. The zero-order valence-corrected chi connectivity index (χ0v) is 15.6. The molecule has 0 saturated carbocycles. The van der Waals surface area contributed by atoms with Gasteiger partial charge >= 0.3 is 5.97 Å². The molecule has 28 heavy (non-hydrogen) atoms. The molecule has 0 radical (unpaired) electrons. The first-order valence-electron chi connectivity index (χ1n) is 8.74. The van der Waals surface area contributed by atoms with Crippen molar-refractivity contribution in [1.82, 2.24) is 15.0 Å². The zero-order chi connectivity index (χ0) is 19.7. The van der Waals surface area contributed by atoms with E-state index in [1.54, 1.807) is 42.5 Å². The van der Waals surface area contributed by atoms with Crippen LogP contribution in [0.2, 0.25) is 5.02 Å². The van der Waals surface area contributed by atoms with E-state index in [0.717, 1.165) is 0 Å². The summed E-state index contributed by atoms with van der Waals surface area (Å²) in [4.78, 5) is 16.7. The highest BCUT2D eigenvalue weighted by Crippen LogP contribution is 2.25. The second kappa shape index (κ2) is 7.47. The Labute approximate surface area is 165 Å². The summed E-state index contributed by atoms with van der Waals surface area (Å²) in [5.41, 5.74) is 0.905. The van der Waals surface area contributed by atoms with Crippen molar-refractivity contribution in [2.45, 2.75) is 0 Å². The third-order valence-corrected chi connectivity index (χ3v) is 4.96. The van der Waals surface area contributed by atoms with Gasteiger partial charge in [0.15, 0.2) is 5.82 Å². The molecule has 0 aliphatic carbocycles. The molecule has 144 valence electrons. The molecular formula is C19H17ClFN5O2. The van der Waals surface area contributed by atoms with E-state index in [1.165, 1.54) is 10.9 Å². The number of benzene rings is 2. The lowest BCUT2D eigenvalue weighted by Crippen LogP contribution is -2.47. The minimum absolute atomic E-state index is 0.140. The lowest BCUT2D eigenvalue weighted by molar-refractivity contribution is 0.0690. The van der Waals surface area contributed by atoms with Gasteiger partial charge in [-0.25, -0.2) is 9.18 Å². The van der Waals surface area contributed by atoms with Gasteiger partial charge in [-0.3, -0.25) is 0 Å². The van der Waals surface area contributed by atoms with Crippen molar-refractivity contribution in [3.05, 3.63) is 65.1 Å². The Balaban J connectivity index is 1.59. The Hall–Kier alpha value is -3.13. The maximum absolute atomic E-state index is 14.0. The van der Waals surface area contributed by atoms with Gasteiger partial charge in [0.2, 0.25) is 5.69 Å². The second-order valence-electron chi connectivity index (χ2n) is 6.34. The second-order valence-corrected chi connectivity index (χ2v) is 6.75. The summed E-state index contributed by atoms with van der Waals surface area (Å²) in [6.07, 6.45) is 0. The highest BCUT2D eigenvalue weighted by Gasteiger charge is 2.27. The normalized spacial score (nSPS) is 14.4. The van der Waals surface area contributed by atoms with Crippen LogP contribution in [0.4, 0.5) is 15.9 Å². The quantitative estimate of drug-likeness (QED) is 0.724. The topological polar surface area (TPSA) is 74.5 Å². The van der Waals surface area contributed by atoms with Crippen LogP contribution in [0.1, 0.15) is 10.5 Å². The Morgan fingerprint density at radius 3 is 2.18 bits per heavy atom. The molecular weight excluding hydrogens is 385 g/mol. The summed E-state index contributed by atoms with van der Waals surface area (Å²) < 4.78 is 14.0. The number of carboxylic acids is 1. The molecule has 9 heteroatoms. The third-order valence-electron chi connectivity index (χ3n) is 4.64. The molecule has 1 saturated heterocycles. The number of aromatic carboxylic acids is 1. The average Bonchev–Trinajstić information content (AvgIpc) is 3.14. The largest absolute Gasteiger partial charge is 0.476 e. The summed E-state index contributed by atoms with van der Waals surface area (Å²) >= 11 is 6.18. The minimum atomic E-state index is -1.16. The van der Waals surface area contributed by atoms with E-state index >= 15 is 0 Å². The Bertz CT molecular complexity index is 1020. The molecule has 7 nitrogen and oxygen atoms in total. The van der Waals surface area contributed by atoms with E-state index < -0.39 is 5.97 Å². The lowest BCUT2D eigenvalue weighted by Gasteiger charge is -2.36. The molecule has 1 aromatic heterocycles. The Morgan fingerprint density at radius 1 is 0.929 bits per heavy atom. The number of nitrogens with zero attached hydrogens (tertiary/aromatic N) is 5. The van der Waals surface area contributed by atoms with Crippen LogP contribution in [0.3, 0.4) is 0 Å². The maximum Gasteiger partial charge on any atom is 0.360 e. The van der Waals surface area contributed by atoms with E-state index in [9.17, 15) is 14.3 Å². The van der Waals surface area contributed by atoms with Gasteiger partial charge in [-0.1, -0.05) is 35.9 Å². The van der Waals surface area contributed by atoms with Gasteiger partial charge in [0.25, 0.3) is 0 Å². The SMILES string of the molecule is O=C(O)c1nn(-c2ccccc2Cl)nc1N1CCN(c2ccccc2F)CC1. The fourth-order valence-electron chi connectivity index (χ4n) is 3.24. The van der Waals surface area contributed by atoms with Crippen LogP contribution < -0.4 is 9.80 Å². The van der Waals surface area contributed by atoms with Crippen LogP contribution in [0.5, 0.6) is 0 Å². The number of rotatable bonds is 4. The summed E-state index contributed by atoms with van der Waals surface area (Å²) in [6.45, 7) is 2.07. The van der Waals surface area contributed by atoms with Crippen molar-refractivity contribution in [3.63, 3.8) is 0 Å². The Kier molecular flexibility index (Phi) is 4.87. The molecule has 4 rings (SSSR count). The first kappa shape index (κ1) is 18.2. The molecule has 0 spiro atoms. The molecule has 1 aliphatic heterocycles. The van der Waals surface area contributed by atoms with E-state index in [1.807, 2.05) is 9.80 Å². The molecule has 2 heterocycles. The highest BCUT2D eigenvalue weighted by molar-refractivity contribution is 6.32. The summed E-state index contributed by atoms with van der Waals surface area (Å²) in [5, 5.41) is 18.5. The fourth-order valence-corrected chi connectivity index (χ4v) is 3.45. The maximum atomic E-state index is 14.0. The van der Waals surface area contributed by atoms with Gasteiger partial charge in [0.1, 0.15) is 11.5 Å². The number of halogens is 2. The van der Waals surface area contributed by atoms with Crippen LogP contribution in [-0.4, -0.2) is 52.2 Å². The molecule has 0 atom stereocenters. The molecule has 0 bridgehead atoms. The van der Waals surface area contributed by atoms with Crippen molar-refractivity contribution in [1.29, 1.82) is 0 Å². The minimum Gasteiger partial charge on any atom is -0.476 e. The molecule has 2 aromatic carbocycles. The number of aromatic nitrogens is 3. The Morgan fingerprint density at radius 2 is 1.54 bits per heavy atom. The van der Waals surface area contributed by atoms with E-state index in [4.69, 9.17) is 11.6 Å². The average molecular weight is 402 g/mol. The van der Waals surface area contributed by atoms with Crippen molar-refractivity contribution >= 4 is 29.1 Å². The van der Waals surface area contributed by atoms with Crippen LogP contribution in [-0.2, 0) is 0 Å².